The van der Waals surface area contributed by atoms with Crippen LogP contribution in [0.25, 0.3) is 0 Å². The molecule has 2 N–H and O–H groups in total. The molecule has 0 saturated carbocycles. The van der Waals surface area contributed by atoms with E-state index in [-0.39, 0.29) is 6.10 Å². The van der Waals surface area contributed by atoms with Crippen LogP contribution in [0.2, 0.25) is 0 Å². The van der Waals surface area contributed by atoms with Crippen molar-refractivity contribution < 1.29 is 14.9 Å². The molecule has 1 fully saturated rings. The van der Waals surface area contributed by atoms with Gasteiger partial charge in [0.2, 0.25) is 0 Å². The zero-order valence-electron chi connectivity index (χ0n) is 10.9. The summed E-state index contributed by atoms with van der Waals surface area (Å²) in [5.41, 5.74) is 1.58. The summed E-state index contributed by atoms with van der Waals surface area (Å²) in [4.78, 5) is 0. The predicted molar refractivity (Wildman–Crippen MR) is 68.4 cm³/mol. The van der Waals surface area contributed by atoms with Crippen LogP contribution in [0.1, 0.15) is 43.9 Å². The molecule has 1 aliphatic carbocycles. The van der Waals surface area contributed by atoms with Gasteiger partial charge in [-0.1, -0.05) is 12.1 Å². The third-order valence-electron chi connectivity index (χ3n) is 4.43. The first kappa shape index (κ1) is 12.0. The van der Waals surface area contributed by atoms with Crippen molar-refractivity contribution in [3.05, 3.63) is 29.3 Å². The smallest absolute Gasteiger partial charge is 0.121 e. The molecule has 3 rings (SSSR count). The van der Waals surface area contributed by atoms with Gasteiger partial charge in [0.15, 0.2) is 0 Å². The number of hydrogen-bond acceptors (Lipinski definition) is 3. The molecule has 0 bridgehead atoms. The second-order valence-corrected chi connectivity index (χ2v) is 6.04. The number of benzene rings is 1. The average Bonchev–Trinajstić information content (AvgIpc) is 2.30. The van der Waals surface area contributed by atoms with Gasteiger partial charge in [0, 0.05) is 5.56 Å². The van der Waals surface area contributed by atoms with Gasteiger partial charge in [0.25, 0.3) is 0 Å². The van der Waals surface area contributed by atoms with Crippen LogP contribution < -0.4 is 0 Å². The number of phenolic OH excluding ortho intramolecular Hbond substituents is 1. The minimum absolute atomic E-state index is 0.0756. The lowest BCUT2D eigenvalue weighted by atomic mass is 9.74. The van der Waals surface area contributed by atoms with E-state index in [4.69, 9.17) is 4.74 Å². The lowest BCUT2D eigenvalue weighted by molar-refractivity contribution is -0.200. The van der Waals surface area contributed by atoms with E-state index in [1.165, 1.54) is 5.56 Å². The molecular weight excluding hydrogens is 228 g/mol. The Kier molecular flexibility index (Phi) is 2.65. The number of aliphatic hydroxyl groups excluding tert-OH is 1. The summed E-state index contributed by atoms with van der Waals surface area (Å²) in [6.45, 7) is 3.84. The quantitative estimate of drug-likeness (QED) is 0.742. The predicted octanol–water partition coefficient (Wildman–Crippen LogP) is 2.56. The van der Waals surface area contributed by atoms with Crippen molar-refractivity contribution in [2.45, 2.75) is 50.9 Å². The summed E-state index contributed by atoms with van der Waals surface area (Å²) in [6, 6.07) is 5.67. The van der Waals surface area contributed by atoms with Crippen LogP contribution >= 0.6 is 0 Å². The molecule has 0 radical (unpaired) electrons. The number of fused-ring (bicyclic) bond motifs is 3. The molecule has 0 spiro atoms. The van der Waals surface area contributed by atoms with E-state index in [0.717, 1.165) is 24.8 Å². The molecule has 0 aromatic heterocycles. The number of rotatable bonds is 0. The maximum Gasteiger partial charge on any atom is 0.121 e. The highest BCUT2D eigenvalue weighted by atomic mass is 16.5. The van der Waals surface area contributed by atoms with Crippen LogP contribution in [-0.2, 0) is 11.2 Å². The molecule has 1 aromatic carbocycles. The molecule has 1 heterocycles. The molecule has 3 heteroatoms. The molecule has 3 nitrogen and oxygen atoms in total. The topological polar surface area (TPSA) is 49.7 Å². The highest BCUT2D eigenvalue weighted by Crippen LogP contribution is 2.49. The van der Waals surface area contributed by atoms with E-state index in [1.807, 2.05) is 19.9 Å². The fraction of sp³-hybridized carbons (Fsp3) is 0.600. The molecule has 18 heavy (non-hydrogen) atoms. The van der Waals surface area contributed by atoms with Gasteiger partial charge in [0.05, 0.1) is 17.8 Å². The Morgan fingerprint density at radius 3 is 2.89 bits per heavy atom. The average molecular weight is 248 g/mol. The van der Waals surface area contributed by atoms with Crippen molar-refractivity contribution in [1.29, 1.82) is 0 Å². The number of ether oxygens (including phenoxy) is 1. The number of aromatic hydroxyl groups is 1. The normalized spacial score (nSPS) is 33.6. The monoisotopic (exact) mass is 248 g/mol. The number of aliphatic hydroxyl groups is 1. The summed E-state index contributed by atoms with van der Waals surface area (Å²) >= 11 is 0. The SMILES string of the molecule is CC1(C)O[C@H]2c3c(O)cccc3CC[C@H]2C[C@H]1O. The van der Waals surface area contributed by atoms with E-state index in [0.29, 0.717) is 11.7 Å². The zero-order valence-corrected chi connectivity index (χ0v) is 10.9. The van der Waals surface area contributed by atoms with Crippen LogP contribution in [0.4, 0.5) is 0 Å². The number of hydrogen-bond donors (Lipinski definition) is 2. The summed E-state index contributed by atoms with van der Waals surface area (Å²) in [7, 11) is 0. The van der Waals surface area contributed by atoms with Crippen molar-refractivity contribution in [3.63, 3.8) is 0 Å². The largest absolute Gasteiger partial charge is 0.508 e. The number of aryl methyl sites for hydroxylation is 1. The molecule has 0 unspecified atom stereocenters. The Bertz CT molecular complexity index is 467. The van der Waals surface area contributed by atoms with Gasteiger partial charge in [0.1, 0.15) is 5.75 Å². The second-order valence-electron chi connectivity index (χ2n) is 6.04. The van der Waals surface area contributed by atoms with E-state index >= 15 is 0 Å². The molecule has 1 aromatic rings. The Hall–Kier alpha value is -1.06. The lowest BCUT2D eigenvalue weighted by Gasteiger charge is -2.47. The van der Waals surface area contributed by atoms with Gasteiger partial charge in [-0.2, -0.15) is 0 Å². The molecule has 0 amide bonds. The van der Waals surface area contributed by atoms with E-state index in [2.05, 4.69) is 6.07 Å². The Morgan fingerprint density at radius 1 is 1.33 bits per heavy atom. The maximum absolute atomic E-state index is 10.1. The van der Waals surface area contributed by atoms with Crippen LogP contribution in [0.3, 0.4) is 0 Å². The van der Waals surface area contributed by atoms with Gasteiger partial charge in [-0.15, -0.1) is 0 Å². The molecule has 3 atom stereocenters. The lowest BCUT2D eigenvalue weighted by Crippen LogP contribution is -2.48. The third kappa shape index (κ3) is 1.73. The van der Waals surface area contributed by atoms with Crippen molar-refractivity contribution in [1.82, 2.24) is 0 Å². The molecule has 98 valence electrons. The van der Waals surface area contributed by atoms with Gasteiger partial charge in [-0.3, -0.25) is 0 Å². The van der Waals surface area contributed by atoms with Crippen LogP contribution in [0, 0.1) is 5.92 Å². The van der Waals surface area contributed by atoms with Gasteiger partial charge in [-0.05, 0) is 50.7 Å². The second kappa shape index (κ2) is 3.97. The first-order valence-corrected chi connectivity index (χ1v) is 6.65. The van der Waals surface area contributed by atoms with Gasteiger partial charge < -0.3 is 14.9 Å². The maximum atomic E-state index is 10.1. The van der Waals surface area contributed by atoms with E-state index < -0.39 is 11.7 Å². The Balaban J connectivity index is 2.02. The highest BCUT2D eigenvalue weighted by molar-refractivity contribution is 5.43. The van der Waals surface area contributed by atoms with E-state index in [1.54, 1.807) is 6.07 Å². The van der Waals surface area contributed by atoms with Crippen LogP contribution in [0.15, 0.2) is 18.2 Å². The molecule has 1 aliphatic heterocycles. The van der Waals surface area contributed by atoms with Crippen LogP contribution in [0.5, 0.6) is 5.75 Å². The molecule has 1 saturated heterocycles. The Morgan fingerprint density at radius 2 is 2.11 bits per heavy atom. The van der Waals surface area contributed by atoms with Crippen LogP contribution in [-0.4, -0.2) is 21.9 Å². The standard InChI is InChI=1S/C15H20O3/c1-15(2)12(17)8-10-7-6-9-4-3-5-11(16)13(9)14(10)18-15/h3-5,10,12,14,16-17H,6-8H2,1-2H3/t10-,12+,14+/m0/s1. The summed E-state index contributed by atoms with van der Waals surface area (Å²) in [6.07, 6.45) is 2.24. The fourth-order valence-corrected chi connectivity index (χ4v) is 3.25. The molecular formula is C15H20O3. The molecule has 2 aliphatic rings. The first-order valence-electron chi connectivity index (χ1n) is 6.65. The van der Waals surface area contributed by atoms with Crippen molar-refractivity contribution >= 4 is 0 Å². The first-order chi connectivity index (χ1) is 8.49. The van der Waals surface area contributed by atoms with Crippen molar-refractivity contribution in [3.8, 4) is 5.75 Å². The number of phenols is 1. The van der Waals surface area contributed by atoms with E-state index in [9.17, 15) is 10.2 Å². The summed E-state index contributed by atoms with van der Waals surface area (Å²) in [5.74, 6) is 0.642. The minimum Gasteiger partial charge on any atom is -0.508 e. The Labute approximate surface area is 107 Å². The van der Waals surface area contributed by atoms with Crippen molar-refractivity contribution in [2.24, 2.45) is 5.92 Å². The summed E-state index contributed by atoms with van der Waals surface area (Å²) < 4.78 is 6.09. The van der Waals surface area contributed by atoms with Gasteiger partial charge >= 0.3 is 0 Å². The van der Waals surface area contributed by atoms with Crippen molar-refractivity contribution in [2.75, 3.05) is 0 Å². The van der Waals surface area contributed by atoms with Gasteiger partial charge in [-0.25, -0.2) is 0 Å². The third-order valence-corrected chi connectivity index (χ3v) is 4.43. The zero-order chi connectivity index (χ0) is 12.9. The minimum atomic E-state index is -0.544. The highest BCUT2D eigenvalue weighted by Gasteiger charge is 2.45. The summed E-state index contributed by atoms with van der Waals surface area (Å²) in [5, 5.41) is 20.2. The fourth-order valence-electron chi connectivity index (χ4n) is 3.25.